The lowest BCUT2D eigenvalue weighted by Gasteiger charge is -2.16. The first-order valence-corrected chi connectivity index (χ1v) is 6.57. The van der Waals surface area contributed by atoms with E-state index in [0.717, 1.165) is 31.4 Å². The van der Waals surface area contributed by atoms with Gasteiger partial charge in [0.15, 0.2) is 0 Å². The van der Waals surface area contributed by atoms with Gasteiger partial charge in [0, 0.05) is 19.2 Å². The van der Waals surface area contributed by atoms with Crippen LogP contribution in [0.3, 0.4) is 0 Å². The zero-order valence-electron chi connectivity index (χ0n) is 10.9. The van der Waals surface area contributed by atoms with Gasteiger partial charge < -0.3 is 10.5 Å². The molecule has 0 aliphatic carbocycles. The van der Waals surface area contributed by atoms with Crippen LogP contribution < -0.4 is 17.0 Å². The first-order chi connectivity index (χ1) is 8.72. The molecule has 0 radical (unpaired) electrons. The molecule has 6 nitrogen and oxygen atoms in total. The Balaban J connectivity index is 1.83. The molecule has 1 aromatic heterocycles. The minimum atomic E-state index is 0.0695. The summed E-state index contributed by atoms with van der Waals surface area (Å²) in [7, 11) is 1.83. The van der Waals surface area contributed by atoms with Crippen LogP contribution in [0.15, 0.2) is 6.20 Å². The zero-order valence-corrected chi connectivity index (χ0v) is 10.9. The maximum Gasteiger partial charge on any atom is 0.126 e. The minimum absolute atomic E-state index is 0.0695. The average Bonchev–Trinajstić information content (AvgIpc) is 2.98. The van der Waals surface area contributed by atoms with E-state index < -0.39 is 0 Å². The Hall–Kier alpha value is -1.11. The Morgan fingerprint density at radius 1 is 1.67 bits per heavy atom. The first kappa shape index (κ1) is 13.3. The molecular formula is C12H23N5O. The van der Waals surface area contributed by atoms with Crippen LogP contribution >= 0.6 is 0 Å². The summed E-state index contributed by atoms with van der Waals surface area (Å²) in [5.41, 5.74) is 9.76. The maximum absolute atomic E-state index is 5.95. The summed E-state index contributed by atoms with van der Waals surface area (Å²) in [6.45, 7) is 0.915. The van der Waals surface area contributed by atoms with Gasteiger partial charge >= 0.3 is 0 Å². The fourth-order valence-electron chi connectivity index (χ4n) is 2.48. The molecule has 1 aromatic rings. The number of ether oxygens (including phenoxy) is 1. The zero-order chi connectivity index (χ0) is 13.0. The molecule has 0 bridgehead atoms. The monoisotopic (exact) mass is 253 g/mol. The number of rotatable bonds is 6. The van der Waals surface area contributed by atoms with Crippen molar-refractivity contribution in [1.82, 2.24) is 15.2 Å². The van der Waals surface area contributed by atoms with Crippen LogP contribution in [0.2, 0.25) is 0 Å². The van der Waals surface area contributed by atoms with Crippen LogP contribution in [0.4, 0.5) is 5.82 Å². The van der Waals surface area contributed by atoms with E-state index in [1.165, 1.54) is 12.8 Å². The highest BCUT2D eigenvalue weighted by Gasteiger charge is 2.19. The Labute approximate surface area is 108 Å². The highest BCUT2D eigenvalue weighted by molar-refractivity contribution is 5.40. The van der Waals surface area contributed by atoms with Crippen molar-refractivity contribution in [1.29, 1.82) is 0 Å². The number of hydrazine groups is 1. The van der Waals surface area contributed by atoms with Crippen LogP contribution in [-0.2, 0) is 11.8 Å². The molecule has 102 valence electrons. The van der Waals surface area contributed by atoms with Gasteiger partial charge in [-0.3, -0.25) is 16.0 Å². The maximum atomic E-state index is 5.95. The SMILES string of the molecule is Cn1ncc(C(CCCC2CCCO2)NN)c1N. The molecule has 18 heavy (non-hydrogen) atoms. The van der Waals surface area contributed by atoms with Gasteiger partial charge in [0.2, 0.25) is 0 Å². The molecule has 2 heterocycles. The predicted octanol–water partition coefficient (Wildman–Crippen LogP) is 0.856. The lowest BCUT2D eigenvalue weighted by molar-refractivity contribution is 0.101. The van der Waals surface area contributed by atoms with Crippen molar-refractivity contribution in [3.05, 3.63) is 11.8 Å². The van der Waals surface area contributed by atoms with Crippen LogP contribution in [0.1, 0.15) is 43.7 Å². The second-order valence-electron chi connectivity index (χ2n) is 4.89. The lowest BCUT2D eigenvalue weighted by Crippen LogP contribution is -2.28. The average molecular weight is 253 g/mol. The molecule has 1 aliphatic heterocycles. The molecule has 1 saturated heterocycles. The molecule has 2 atom stereocenters. The second-order valence-corrected chi connectivity index (χ2v) is 4.89. The summed E-state index contributed by atoms with van der Waals surface area (Å²) in [4.78, 5) is 0. The quantitative estimate of drug-likeness (QED) is 0.516. The van der Waals surface area contributed by atoms with Gasteiger partial charge in [-0.15, -0.1) is 0 Å². The van der Waals surface area contributed by atoms with Crippen LogP contribution in [0, 0.1) is 0 Å². The molecule has 1 fully saturated rings. The molecule has 0 spiro atoms. The number of nitrogens with one attached hydrogen (secondary N) is 1. The minimum Gasteiger partial charge on any atom is -0.384 e. The fourth-order valence-corrected chi connectivity index (χ4v) is 2.48. The van der Waals surface area contributed by atoms with Gasteiger partial charge in [0.1, 0.15) is 5.82 Å². The third-order valence-electron chi connectivity index (χ3n) is 3.63. The van der Waals surface area contributed by atoms with E-state index in [1.807, 2.05) is 7.05 Å². The van der Waals surface area contributed by atoms with E-state index in [-0.39, 0.29) is 6.04 Å². The second kappa shape index (κ2) is 6.17. The van der Waals surface area contributed by atoms with E-state index in [0.29, 0.717) is 11.9 Å². The molecular weight excluding hydrogens is 230 g/mol. The number of hydrogen-bond acceptors (Lipinski definition) is 5. The standard InChI is InChI=1S/C12H23N5O/c1-17-12(13)10(8-15-17)11(16-14)6-2-4-9-5-3-7-18-9/h8-9,11,16H,2-7,13-14H2,1H3. The first-order valence-electron chi connectivity index (χ1n) is 6.57. The summed E-state index contributed by atoms with van der Waals surface area (Å²) in [6.07, 6.45) is 7.73. The number of aromatic nitrogens is 2. The Bertz CT molecular complexity index is 373. The van der Waals surface area contributed by atoms with Gasteiger partial charge in [-0.1, -0.05) is 0 Å². The third kappa shape index (κ3) is 3.01. The molecule has 5 N–H and O–H groups in total. The molecule has 0 aromatic carbocycles. The third-order valence-corrected chi connectivity index (χ3v) is 3.63. The van der Waals surface area contributed by atoms with Crippen molar-refractivity contribution < 1.29 is 4.74 Å². The lowest BCUT2D eigenvalue weighted by atomic mass is 10.0. The number of anilines is 1. The van der Waals surface area contributed by atoms with Crippen molar-refractivity contribution in [2.75, 3.05) is 12.3 Å². The van der Waals surface area contributed by atoms with Crippen LogP contribution in [0.5, 0.6) is 0 Å². The van der Waals surface area contributed by atoms with Crippen molar-refractivity contribution in [3.8, 4) is 0 Å². The molecule has 2 unspecified atom stereocenters. The largest absolute Gasteiger partial charge is 0.384 e. The van der Waals surface area contributed by atoms with E-state index in [9.17, 15) is 0 Å². The number of hydrogen-bond donors (Lipinski definition) is 3. The smallest absolute Gasteiger partial charge is 0.126 e. The predicted molar refractivity (Wildman–Crippen MR) is 70.5 cm³/mol. The molecule has 2 rings (SSSR count). The van der Waals surface area contributed by atoms with Gasteiger partial charge in [0.25, 0.3) is 0 Å². The molecule has 0 amide bonds. The summed E-state index contributed by atoms with van der Waals surface area (Å²) in [5, 5.41) is 4.14. The van der Waals surface area contributed by atoms with Gasteiger partial charge in [-0.05, 0) is 32.1 Å². The fraction of sp³-hybridized carbons (Fsp3) is 0.750. The number of nitrogens with zero attached hydrogens (tertiary/aromatic N) is 2. The van der Waals surface area contributed by atoms with Crippen molar-refractivity contribution in [2.24, 2.45) is 12.9 Å². The van der Waals surface area contributed by atoms with Gasteiger partial charge in [0.05, 0.1) is 18.3 Å². The van der Waals surface area contributed by atoms with E-state index in [4.69, 9.17) is 16.3 Å². The molecule has 1 aliphatic rings. The Morgan fingerprint density at radius 3 is 3.06 bits per heavy atom. The summed E-state index contributed by atoms with van der Waals surface area (Å²) in [5.74, 6) is 6.28. The summed E-state index contributed by atoms with van der Waals surface area (Å²) in [6, 6.07) is 0.0695. The molecule has 0 saturated carbocycles. The van der Waals surface area contributed by atoms with Crippen molar-refractivity contribution >= 4 is 5.82 Å². The highest BCUT2D eigenvalue weighted by atomic mass is 16.5. The number of nitrogens with two attached hydrogens (primary N) is 2. The van der Waals surface area contributed by atoms with E-state index in [2.05, 4.69) is 10.5 Å². The van der Waals surface area contributed by atoms with Crippen molar-refractivity contribution in [2.45, 2.75) is 44.2 Å². The Morgan fingerprint density at radius 2 is 2.50 bits per heavy atom. The van der Waals surface area contributed by atoms with E-state index >= 15 is 0 Å². The van der Waals surface area contributed by atoms with E-state index in [1.54, 1.807) is 10.9 Å². The van der Waals surface area contributed by atoms with Crippen LogP contribution in [-0.4, -0.2) is 22.5 Å². The summed E-state index contributed by atoms with van der Waals surface area (Å²) < 4.78 is 7.28. The van der Waals surface area contributed by atoms with Crippen LogP contribution in [0.25, 0.3) is 0 Å². The topological polar surface area (TPSA) is 91.1 Å². The number of aryl methyl sites for hydroxylation is 1. The van der Waals surface area contributed by atoms with Crippen molar-refractivity contribution in [3.63, 3.8) is 0 Å². The van der Waals surface area contributed by atoms with Gasteiger partial charge in [-0.25, -0.2) is 0 Å². The normalized spacial score (nSPS) is 21.3. The highest BCUT2D eigenvalue weighted by Crippen LogP contribution is 2.25. The summed E-state index contributed by atoms with van der Waals surface area (Å²) >= 11 is 0. The Kier molecular flexibility index (Phi) is 4.57. The number of nitrogen functional groups attached to an aromatic ring is 1. The van der Waals surface area contributed by atoms with Gasteiger partial charge in [-0.2, -0.15) is 5.10 Å². The molecule has 6 heteroatoms.